The van der Waals surface area contributed by atoms with Gasteiger partial charge in [0.15, 0.2) is 0 Å². The van der Waals surface area contributed by atoms with Crippen molar-refractivity contribution in [1.29, 1.82) is 0 Å². The number of ether oxygens (including phenoxy) is 1. The van der Waals surface area contributed by atoms with Crippen LogP contribution < -0.4 is 10.2 Å². The van der Waals surface area contributed by atoms with Crippen LogP contribution in [-0.4, -0.2) is 62.1 Å². The minimum Gasteiger partial charge on any atom is -0.465 e. The summed E-state index contributed by atoms with van der Waals surface area (Å²) in [7, 11) is 3.39. The van der Waals surface area contributed by atoms with Crippen LogP contribution >= 0.6 is 11.6 Å². The summed E-state index contributed by atoms with van der Waals surface area (Å²) in [4.78, 5) is 33.0. The van der Waals surface area contributed by atoms with Gasteiger partial charge in [0, 0.05) is 32.4 Å². The van der Waals surface area contributed by atoms with Gasteiger partial charge in [0.1, 0.15) is 0 Å². The molecule has 2 aromatic rings. The molecule has 1 amide bonds. The Morgan fingerprint density at radius 2 is 1.85 bits per heavy atom. The Labute approximate surface area is 162 Å². The molecular formula is C19H21ClN4O3. The molecular weight excluding hydrogens is 368 g/mol. The van der Waals surface area contributed by atoms with Crippen molar-refractivity contribution in [3.8, 4) is 0 Å². The van der Waals surface area contributed by atoms with Crippen LogP contribution in [0.1, 0.15) is 20.7 Å². The summed E-state index contributed by atoms with van der Waals surface area (Å²) in [6, 6.07) is 6.39. The van der Waals surface area contributed by atoms with E-state index in [1.807, 2.05) is 6.07 Å². The summed E-state index contributed by atoms with van der Waals surface area (Å²) in [5.41, 5.74) is 1.98. The fourth-order valence-electron chi connectivity index (χ4n) is 2.85. The Morgan fingerprint density at radius 3 is 2.56 bits per heavy atom. The number of amides is 1. The van der Waals surface area contributed by atoms with Crippen LogP contribution in [0, 0.1) is 0 Å². The maximum atomic E-state index is 12.7. The molecule has 1 aromatic heterocycles. The lowest BCUT2D eigenvalue weighted by Crippen LogP contribution is -2.44. The topological polar surface area (TPSA) is 74.8 Å². The fourth-order valence-corrected chi connectivity index (χ4v) is 3.01. The molecule has 0 atom stereocenters. The highest BCUT2D eigenvalue weighted by atomic mass is 35.5. The molecule has 0 spiro atoms. The predicted octanol–water partition coefficient (Wildman–Crippen LogP) is 2.53. The lowest BCUT2D eigenvalue weighted by Gasteiger charge is -2.33. The quantitative estimate of drug-likeness (QED) is 0.811. The first kappa shape index (κ1) is 19.1. The molecule has 1 N–H and O–H groups in total. The first-order valence-corrected chi connectivity index (χ1v) is 8.93. The van der Waals surface area contributed by atoms with Gasteiger partial charge in [-0.15, -0.1) is 0 Å². The van der Waals surface area contributed by atoms with E-state index in [0.717, 1.165) is 31.9 Å². The van der Waals surface area contributed by atoms with E-state index >= 15 is 0 Å². The molecule has 7 nitrogen and oxygen atoms in total. The van der Waals surface area contributed by atoms with E-state index in [-0.39, 0.29) is 5.91 Å². The number of halogens is 1. The van der Waals surface area contributed by atoms with Gasteiger partial charge in [0.25, 0.3) is 5.91 Å². The molecule has 1 aromatic carbocycles. The zero-order valence-electron chi connectivity index (χ0n) is 15.2. The van der Waals surface area contributed by atoms with Crippen molar-refractivity contribution in [3.05, 3.63) is 52.8 Å². The second kappa shape index (κ2) is 8.37. The minimum absolute atomic E-state index is 0.307. The van der Waals surface area contributed by atoms with Gasteiger partial charge in [0.05, 0.1) is 40.8 Å². The number of methoxy groups -OCH3 is 1. The van der Waals surface area contributed by atoms with Crippen molar-refractivity contribution >= 4 is 34.9 Å². The second-order valence-electron chi connectivity index (χ2n) is 6.36. The normalized spacial score (nSPS) is 14.7. The van der Waals surface area contributed by atoms with Crippen LogP contribution in [-0.2, 0) is 4.74 Å². The van der Waals surface area contributed by atoms with Gasteiger partial charge >= 0.3 is 5.97 Å². The van der Waals surface area contributed by atoms with Gasteiger partial charge in [-0.25, -0.2) is 4.79 Å². The molecule has 1 aliphatic heterocycles. The fraction of sp³-hybridized carbons (Fsp3) is 0.316. The van der Waals surface area contributed by atoms with Crippen molar-refractivity contribution in [2.24, 2.45) is 0 Å². The zero-order chi connectivity index (χ0) is 19.4. The number of carbonyl (C=O) groups is 2. The number of benzene rings is 1. The van der Waals surface area contributed by atoms with Gasteiger partial charge in [0.2, 0.25) is 0 Å². The summed E-state index contributed by atoms with van der Waals surface area (Å²) >= 11 is 6.15. The molecule has 0 saturated carbocycles. The van der Waals surface area contributed by atoms with Gasteiger partial charge in [-0.1, -0.05) is 11.6 Å². The number of nitrogens with zero attached hydrogens (tertiary/aromatic N) is 3. The molecule has 1 fully saturated rings. The predicted molar refractivity (Wildman–Crippen MR) is 105 cm³/mol. The Balaban J connectivity index is 1.77. The summed E-state index contributed by atoms with van der Waals surface area (Å²) in [5.74, 6) is -0.844. The Bertz CT molecular complexity index is 851. The number of hydrogen-bond donors (Lipinski definition) is 1. The van der Waals surface area contributed by atoms with E-state index in [4.69, 9.17) is 16.3 Å². The van der Waals surface area contributed by atoms with Crippen LogP contribution in [0.2, 0.25) is 5.02 Å². The summed E-state index contributed by atoms with van der Waals surface area (Å²) < 4.78 is 4.70. The maximum Gasteiger partial charge on any atom is 0.337 e. The van der Waals surface area contributed by atoms with Crippen LogP contribution in [0.4, 0.5) is 11.4 Å². The molecule has 1 aliphatic rings. The average molecular weight is 389 g/mol. The third-order valence-electron chi connectivity index (χ3n) is 4.49. The van der Waals surface area contributed by atoms with E-state index in [2.05, 4.69) is 27.1 Å². The molecule has 142 valence electrons. The lowest BCUT2D eigenvalue weighted by molar-refractivity contribution is 0.0600. The number of carbonyl (C=O) groups excluding carboxylic acids is 2. The number of aromatic nitrogens is 1. The number of piperazine rings is 1. The van der Waals surface area contributed by atoms with Crippen LogP contribution in [0.25, 0.3) is 0 Å². The minimum atomic E-state index is -0.499. The number of hydrogen-bond acceptors (Lipinski definition) is 6. The van der Waals surface area contributed by atoms with E-state index in [0.29, 0.717) is 21.8 Å². The second-order valence-corrected chi connectivity index (χ2v) is 6.77. The van der Waals surface area contributed by atoms with E-state index < -0.39 is 5.97 Å². The molecule has 0 unspecified atom stereocenters. The summed E-state index contributed by atoms with van der Waals surface area (Å²) in [5, 5.41) is 3.07. The lowest BCUT2D eigenvalue weighted by atomic mass is 10.2. The molecule has 3 rings (SSSR count). The van der Waals surface area contributed by atoms with Gasteiger partial charge in [-0.3, -0.25) is 9.78 Å². The molecule has 0 aliphatic carbocycles. The smallest absolute Gasteiger partial charge is 0.337 e. The summed E-state index contributed by atoms with van der Waals surface area (Å²) in [6.45, 7) is 3.70. The molecule has 0 radical (unpaired) electrons. The molecule has 8 heteroatoms. The highest BCUT2D eigenvalue weighted by molar-refractivity contribution is 6.34. The number of esters is 1. The zero-order valence-corrected chi connectivity index (χ0v) is 16.0. The van der Waals surface area contributed by atoms with Crippen molar-refractivity contribution in [1.82, 2.24) is 9.88 Å². The molecule has 0 bridgehead atoms. The van der Waals surface area contributed by atoms with Gasteiger partial charge < -0.3 is 19.9 Å². The van der Waals surface area contributed by atoms with Crippen LogP contribution in [0.15, 0.2) is 36.7 Å². The first-order valence-electron chi connectivity index (χ1n) is 8.55. The largest absolute Gasteiger partial charge is 0.465 e. The number of nitrogens with one attached hydrogen (secondary N) is 1. The van der Waals surface area contributed by atoms with Gasteiger partial charge in [-0.05, 0) is 31.3 Å². The van der Waals surface area contributed by atoms with Gasteiger partial charge in [-0.2, -0.15) is 0 Å². The van der Waals surface area contributed by atoms with E-state index in [1.54, 1.807) is 18.3 Å². The first-order chi connectivity index (χ1) is 13.0. The Kier molecular flexibility index (Phi) is 5.93. The molecule has 1 saturated heterocycles. The summed E-state index contributed by atoms with van der Waals surface area (Å²) in [6.07, 6.45) is 3.26. The Morgan fingerprint density at radius 1 is 1.11 bits per heavy atom. The van der Waals surface area contributed by atoms with Crippen molar-refractivity contribution in [2.75, 3.05) is 50.6 Å². The van der Waals surface area contributed by atoms with Crippen molar-refractivity contribution in [2.45, 2.75) is 0 Å². The van der Waals surface area contributed by atoms with Crippen molar-refractivity contribution < 1.29 is 14.3 Å². The van der Waals surface area contributed by atoms with Crippen LogP contribution in [0.5, 0.6) is 0 Å². The monoisotopic (exact) mass is 388 g/mol. The number of rotatable bonds is 4. The molecule has 27 heavy (non-hydrogen) atoms. The van der Waals surface area contributed by atoms with E-state index in [1.165, 1.54) is 19.4 Å². The van der Waals surface area contributed by atoms with Crippen LogP contribution in [0.3, 0.4) is 0 Å². The third kappa shape index (κ3) is 4.56. The number of anilines is 2. The van der Waals surface area contributed by atoms with E-state index in [9.17, 15) is 9.59 Å². The SMILES string of the molecule is COC(=O)c1ccc(Cl)c(NC(=O)c2cncc(N3CCN(C)CC3)c2)c1. The highest BCUT2D eigenvalue weighted by Gasteiger charge is 2.17. The average Bonchev–Trinajstić information content (AvgIpc) is 2.69. The highest BCUT2D eigenvalue weighted by Crippen LogP contribution is 2.25. The molecule has 2 heterocycles. The number of pyridine rings is 1. The standard InChI is InChI=1S/C19H21ClN4O3/c1-23-5-7-24(8-6-23)15-9-14(11-21-12-15)18(25)22-17-10-13(19(26)27-2)3-4-16(17)20/h3-4,9-12H,5-8H2,1-2H3,(H,22,25). The third-order valence-corrected chi connectivity index (χ3v) is 4.82. The Hall–Kier alpha value is -2.64. The maximum absolute atomic E-state index is 12.7. The van der Waals surface area contributed by atoms with Crippen molar-refractivity contribution in [3.63, 3.8) is 0 Å². The number of likely N-dealkylation sites (N-methyl/N-ethyl adjacent to an activating group) is 1.